The number of carbonyl (C=O) groups is 1. The van der Waals surface area contributed by atoms with Crippen molar-refractivity contribution in [2.45, 2.75) is 25.8 Å². The van der Waals surface area contributed by atoms with Gasteiger partial charge in [-0.1, -0.05) is 11.6 Å². The van der Waals surface area contributed by atoms with Crippen LogP contribution in [0.2, 0.25) is 0 Å². The Balaban J connectivity index is 1.90. The topological polar surface area (TPSA) is 61.0 Å². The van der Waals surface area contributed by atoms with Gasteiger partial charge in [-0.2, -0.15) is 5.10 Å². The lowest BCUT2D eigenvalue weighted by molar-refractivity contribution is 0.0694. The third-order valence-corrected chi connectivity index (χ3v) is 4.04. The average Bonchev–Trinajstić information content (AvgIpc) is 2.89. The van der Waals surface area contributed by atoms with E-state index >= 15 is 0 Å². The number of amides is 1. The fourth-order valence-electron chi connectivity index (χ4n) is 2.84. The molecule has 3 rings (SSSR count). The largest absolute Gasteiger partial charge is 0.336 e. The molecule has 1 aliphatic heterocycles. The zero-order valence-corrected chi connectivity index (χ0v) is 11.9. The number of nitrogens with zero attached hydrogens (tertiary/aromatic N) is 2. The number of nitrogens with one attached hydrogen (secondary N) is 2. The number of aromatic amines is 1. The maximum atomic E-state index is 12.7. The summed E-state index contributed by atoms with van der Waals surface area (Å²) in [5.41, 5.74) is 2.60. The molecule has 1 aromatic heterocycles. The quantitative estimate of drug-likeness (QED) is 0.874. The fourth-order valence-corrected chi connectivity index (χ4v) is 2.84. The zero-order valence-electron chi connectivity index (χ0n) is 11.9. The lowest BCUT2D eigenvalue weighted by Crippen LogP contribution is -2.47. The molecule has 2 heterocycles. The van der Waals surface area contributed by atoms with Gasteiger partial charge in [0.2, 0.25) is 0 Å². The number of H-pyrrole nitrogens is 1. The molecule has 2 N–H and O–H groups in total. The molecule has 1 fully saturated rings. The molecule has 0 aliphatic carbocycles. The zero-order chi connectivity index (χ0) is 14.1. The first-order valence-electron chi connectivity index (χ1n) is 7.10. The highest BCUT2D eigenvalue weighted by atomic mass is 16.2. The van der Waals surface area contributed by atoms with E-state index in [9.17, 15) is 4.79 Å². The van der Waals surface area contributed by atoms with E-state index in [2.05, 4.69) is 15.5 Å². The van der Waals surface area contributed by atoms with Gasteiger partial charge in [-0.05, 0) is 38.9 Å². The van der Waals surface area contributed by atoms with Crippen LogP contribution >= 0.6 is 0 Å². The normalized spacial score (nSPS) is 19.5. The van der Waals surface area contributed by atoms with Gasteiger partial charge in [0, 0.05) is 24.5 Å². The summed E-state index contributed by atoms with van der Waals surface area (Å²) >= 11 is 0. The molecule has 0 unspecified atom stereocenters. The van der Waals surface area contributed by atoms with Crippen LogP contribution in [-0.2, 0) is 0 Å². The van der Waals surface area contributed by atoms with Crippen LogP contribution in [-0.4, -0.2) is 47.2 Å². The highest BCUT2D eigenvalue weighted by molar-refractivity contribution is 6.04. The molecule has 106 valence electrons. The van der Waals surface area contributed by atoms with Gasteiger partial charge >= 0.3 is 0 Å². The minimum absolute atomic E-state index is 0.0294. The van der Waals surface area contributed by atoms with Crippen LogP contribution in [0.25, 0.3) is 10.9 Å². The van der Waals surface area contributed by atoms with Gasteiger partial charge in [0.25, 0.3) is 5.91 Å². The van der Waals surface area contributed by atoms with E-state index in [4.69, 9.17) is 0 Å². The summed E-state index contributed by atoms with van der Waals surface area (Å²) in [5.74, 6) is 0.0294. The molecular weight excluding hydrogens is 252 g/mol. The summed E-state index contributed by atoms with van der Waals surface area (Å²) < 4.78 is 0. The van der Waals surface area contributed by atoms with Crippen molar-refractivity contribution in [2.75, 3.05) is 20.1 Å². The number of piperidine rings is 1. The van der Waals surface area contributed by atoms with Crippen LogP contribution in [0, 0.1) is 6.92 Å². The van der Waals surface area contributed by atoms with E-state index in [1.54, 1.807) is 0 Å². The second-order valence-corrected chi connectivity index (χ2v) is 5.50. The molecule has 1 atom stereocenters. The van der Waals surface area contributed by atoms with Crippen molar-refractivity contribution >= 4 is 16.8 Å². The number of likely N-dealkylation sites (tertiary alicyclic amines) is 1. The van der Waals surface area contributed by atoms with Gasteiger partial charge in [-0.15, -0.1) is 0 Å². The summed E-state index contributed by atoms with van der Waals surface area (Å²) in [6, 6.07) is 6.40. The van der Waals surface area contributed by atoms with E-state index in [-0.39, 0.29) is 5.91 Å². The summed E-state index contributed by atoms with van der Waals surface area (Å²) in [6.45, 7) is 3.60. The smallest absolute Gasteiger partial charge is 0.275 e. The van der Waals surface area contributed by atoms with Gasteiger partial charge in [-0.25, -0.2) is 0 Å². The van der Waals surface area contributed by atoms with Crippen LogP contribution in [0.3, 0.4) is 0 Å². The van der Waals surface area contributed by atoms with Crippen molar-refractivity contribution in [3.63, 3.8) is 0 Å². The van der Waals surface area contributed by atoms with Crippen molar-refractivity contribution in [3.8, 4) is 0 Å². The lowest BCUT2D eigenvalue weighted by atomic mass is 10.0. The van der Waals surface area contributed by atoms with E-state index in [1.165, 1.54) is 0 Å². The summed E-state index contributed by atoms with van der Waals surface area (Å²) in [5, 5.41) is 11.3. The van der Waals surface area contributed by atoms with Crippen LogP contribution < -0.4 is 5.32 Å². The van der Waals surface area contributed by atoms with Gasteiger partial charge in [-0.3, -0.25) is 9.89 Å². The van der Waals surface area contributed by atoms with Crippen molar-refractivity contribution in [2.24, 2.45) is 0 Å². The van der Waals surface area contributed by atoms with Crippen molar-refractivity contribution in [1.29, 1.82) is 0 Å². The first-order chi connectivity index (χ1) is 9.69. The van der Waals surface area contributed by atoms with Crippen LogP contribution in [0.1, 0.15) is 28.9 Å². The Hall–Kier alpha value is -1.88. The summed E-state index contributed by atoms with van der Waals surface area (Å²) in [4.78, 5) is 14.6. The maximum Gasteiger partial charge on any atom is 0.275 e. The van der Waals surface area contributed by atoms with E-state index in [0.717, 1.165) is 42.4 Å². The number of hydrogen-bond acceptors (Lipinski definition) is 3. The van der Waals surface area contributed by atoms with Crippen LogP contribution in [0.4, 0.5) is 0 Å². The third kappa shape index (κ3) is 2.29. The van der Waals surface area contributed by atoms with Gasteiger partial charge < -0.3 is 10.2 Å². The van der Waals surface area contributed by atoms with E-state index < -0.39 is 0 Å². The van der Waals surface area contributed by atoms with Crippen molar-refractivity contribution < 1.29 is 4.79 Å². The number of aryl methyl sites for hydroxylation is 1. The average molecular weight is 272 g/mol. The molecule has 1 amide bonds. The Morgan fingerprint density at radius 3 is 3.15 bits per heavy atom. The van der Waals surface area contributed by atoms with Crippen molar-refractivity contribution in [1.82, 2.24) is 20.4 Å². The molecule has 20 heavy (non-hydrogen) atoms. The molecule has 2 aromatic rings. The number of rotatable bonds is 2. The lowest BCUT2D eigenvalue weighted by Gasteiger charge is -2.32. The monoisotopic (exact) mass is 272 g/mol. The number of benzene rings is 1. The fraction of sp³-hybridized carbons (Fsp3) is 0.467. The van der Waals surface area contributed by atoms with E-state index in [1.807, 2.05) is 37.1 Å². The SMILES string of the molecule is CN[C@@H]1CCCN(C(=O)c2n[nH]c3ccc(C)cc23)C1. The first-order valence-corrected chi connectivity index (χ1v) is 7.10. The van der Waals surface area contributed by atoms with Gasteiger partial charge in [0.1, 0.15) is 0 Å². The van der Waals surface area contributed by atoms with E-state index in [0.29, 0.717) is 11.7 Å². The number of hydrogen-bond donors (Lipinski definition) is 2. The molecule has 5 heteroatoms. The molecule has 0 radical (unpaired) electrons. The van der Waals surface area contributed by atoms with Crippen LogP contribution in [0.5, 0.6) is 0 Å². The highest BCUT2D eigenvalue weighted by Gasteiger charge is 2.26. The molecule has 0 spiro atoms. The number of fused-ring (bicyclic) bond motifs is 1. The summed E-state index contributed by atoms with van der Waals surface area (Å²) in [7, 11) is 1.95. The highest BCUT2D eigenvalue weighted by Crippen LogP contribution is 2.20. The van der Waals surface area contributed by atoms with Crippen molar-refractivity contribution in [3.05, 3.63) is 29.5 Å². The molecule has 0 saturated carbocycles. The Morgan fingerprint density at radius 1 is 1.50 bits per heavy atom. The predicted octanol–water partition coefficient (Wildman–Crippen LogP) is 1.70. The number of aromatic nitrogens is 2. The Morgan fingerprint density at radius 2 is 2.35 bits per heavy atom. The predicted molar refractivity (Wildman–Crippen MR) is 78.8 cm³/mol. The van der Waals surface area contributed by atoms with Gasteiger partial charge in [0.05, 0.1) is 5.52 Å². The Kier molecular flexibility index (Phi) is 3.44. The van der Waals surface area contributed by atoms with Crippen LogP contribution in [0.15, 0.2) is 18.2 Å². The minimum atomic E-state index is 0.0294. The standard InChI is InChI=1S/C15H20N4O/c1-10-5-6-13-12(8-10)14(18-17-13)15(20)19-7-3-4-11(9-19)16-2/h5-6,8,11,16H,3-4,7,9H2,1-2H3,(H,17,18)/t11-/m1/s1. The molecule has 1 aromatic carbocycles. The second-order valence-electron chi connectivity index (χ2n) is 5.50. The van der Waals surface area contributed by atoms with Gasteiger partial charge in [0.15, 0.2) is 5.69 Å². The Bertz CT molecular complexity index is 634. The molecule has 5 nitrogen and oxygen atoms in total. The maximum absolute atomic E-state index is 12.7. The Labute approximate surface area is 118 Å². The first kappa shape index (κ1) is 13.1. The second kappa shape index (κ2) is 5.25. The summed E-state index contributed by atoms with van der Waals surface area (Å²) in [6.07, 6.45) is 2.17. The molecule has 1 saturated heterocycles. The molecular formula is C15H20N4O. The molecule has 0 bridgehead atoms. The minimum Gasteiger partial charge on any atom is -0.336 e. The number of carbonyl (C=O) groups excluding carboxylic acids is 1. The number of likely N-dealkylation sites (N-methyl/N-ethyl adjacent to an activating group) is 1. The molecule has 1 aliphatic rings. The third-order valence-electron chi connectivity index (χ3n) is 4.04.